The molecular weight excluding hydrogens is 378 g/mol. The van der Waals surface area contributed by atoms with E-state index in [0.29, 0.717) is 0 Å². The van der Waals surface area contributed by atoms with Crippen molar-refractivity contribution in [2.45, 2.75) is 12.5 Å². The molecule has 0 spiro atoms. The quantitative estimate of drug-likeness (QED) is 0.330. The Balaban J connectivity index is 1.48. The second kappa shape index (κ2) is 7.13. The minimum absolute atomic E-state index is 0.196. The number of rotatable bonds is 3. The van der Waals surface area contributed by atoms with E-state index in [4.69, 9.17) is 5.10 Å². The standard InChI is InChI=1S/C28H23N3/c1-30-26-15-9-8-14-23(26)24-18-21(16-17-27(24)30)25-19-28(20-10-4-2-5-11-20)31(29-25)22-12-6-3-7-13-22/h2-18,28H,19H2,1H3/t28-/m0/s1. The lowest BCUT2D eigenvalue weighted by molar-refractivity contribution is 0.709. The number of para-hydroxylation sites is 2. The van der Waals surface area contributed by atoms with Gasteiger partial charge in [-0.3, -0.25) is 5.01 Å². The highest BCUT2D eigenvalue weighted by molar-refractivity contribution is 6.12. The molecule has 1 aliphatic heterocycles. The third-order valence-electron chi connectivity index (χ3n) is 6.36. The van der Waals surface area contributed by atoms with E-state index in [0.717, 1.165) is 17.8 Å². The van der Waals surface area contributed by atoms with Gasteiger partial charge in [-0.1, -0.05) is 72.8 Å². The first-order valence-corrected chi connectivity index (χ1v) is 10.7. The predicted molar refractivity (Wildman–Crippen MR) is 130 cm³/mol. The molecule has 0 saturated heterocycles. The minimum atomic E-state index is 0.196. The Hall–Kier alpha value is -3.85. The van der Waals surface area contributed by atoms with Crippen LogP contribution in [0.25, 0.3) is 21.8 Å². The molecule has 2 heterocycles. The summed E-state index contributed by atoms with van der Waals surface area (Å²) in [6.07, 6.45) is 0.884. The van der Waals surface area contributed by atoms with Crippen molar-refractivity contribution in [3.8, 4) is 0 Å². The molecule has 3 nitrogen and oxygen atoms in total. The zero-order valence-electron chi connectivity index (χ0n) is 17.4. The SMILES string of the molecule is Cn1c2ccccc2c2cc(C3=NN(c4ccccc4)[C@H](c4ccccc4)C3)ccc21. The van der Waals surface area contributed by atoms with Gasteiger partial charge in [0, 0.05) is 35.3 Å². The molecule has 6 rings (SSSR count). The number of hydrazone groups is 1. The number of fused-ring (bicyclic) bond motifs is 3. The molecule has 1 atom stereocenters. The van der Waals surface area contributed by atoms with Crippen LogP contribution in [0.2, 0.25) is 0 Å². The van der Waals surface area contributed by atoms with Crippen molar-refractivity contribution < 1.29 is 0 Å². The molecule has 31 heavy (non-hydrogen) atoms. The van der Waals surface area contributed by atoms with Crippen molar-refractivity contribution in [3.05, 3.63) is 114 Å². The lowest BCUT2D eigenvalue weighted by Gasteiger charge is -2.23. The minimum Gasteiger partial charge on any atom is -0.344 e. The average molecular weight is 402 g/mol. The lowest BCUT2D eigenvalue weighted by Crippen LogP contribution is -2.18. The molecule has 3 heteroatoms. The number of aromatic nitrogens is 1. The average Bonchev–Trinajstić information content (AvgIpc) is 3.41. The highest BCUT2D eigenvalue weighted by atomic mass is 15.5. The van der Waals surface area contributed by atoms with E-state index in [1.165, 1.54) is 32.9 Å². The Morgan fingerprint density at radius 1 is 0.710 bits per heavy atom. The van der Waals surface area contributed by atoms with E-state index in [1.807, 2.05) is 0 Å². The van der Waals surface area contributed by atoms with Gasteiger partial charge in [0.1, 0.15) is 0 Å². The molecule has 5 aromatic rings. The van der Waals surface area contributed by atoms with E-state index < -0.39 is 0 Å². The van der Waals surface area contributed by atoms with Gasteiger partial charge in [-0.15, -0.1) is 0 Å². The van der Waals surface area contributed by atoms with Gasteiger partial charge in [-0.05, 0) is 41.5 Å². The number of hydrogen-bond donors (Lipinski definition) is 0. The topological polar surface area (TPSA) is 20.5 Å². The molecule has 0 N–H and O–H groups in total. The van der Waals surface area contributed by atoms with E-state index in [-0.39, 0.29) is 6.04 Å². The maximum atomic E-state index is 5.12. The normalized spacial score (nSPS) is 16.2. The Labute approximate surface area is 181 Å². The van der Waals surface area contributed by atoms with Crippen molar-refractivity contribution in [3.63, 3.8) is 0 Å². The van der Waals surface area contributed by atoms with Crippen LogP contribution in [0, 0.1) is 0 Å². The van der Waals surface area contributed by atoms with Gasteiger partial charge in [0.25, 0.3) is 0 Å². The highest BCUT2D eigenvalue weighted by Gasteiger charge is 2.30. The van der Waals surface area contributed by atoms with Crippen molar-refractivity contribution in [1.82, 2.24) is 4.57 Å². The number of anilines is 1. The van der Waals surface area contributed by atoms with Crippen molar-refractivity contribution in [1.29, 1.82) is 0 Å². The van der Waals surface area contributed by atoms with Crippen LogP contribution in [0.3, 0.4) is 0 Å². The van der Waals surface area contributed by atoms with Gasteiger partial charge in [-0.2, -0.15) is 5.10 Å². The van der Waals surface area contributed by atoms with Crippen molar-refractivity contribution in [2.24, 2.45) is 12.1 Å². The van der Waals surface area contributed by atoms with Gasteiger partial charge >= 0.3 is 0 Å². The molecule has 150 valence electrons. The number of hydrogen-bond acceptors (Lipinski definition) is 2. The van der Waals surface area contributed by atoms with E-state index in [1.54, 1.807) is 0 Å². The fraction of sp³-hybridized carbons (Fsp3) is 0.107. The van der Waals surface area contributed by atoms with Crippen LogP contribution in [0.15, 0.2) is 108 Å². The molecule has 0 bridgehead atoms. The molecule has 1 aliphatic rings. The first kappa shape index (κ1) is 18.0. The third-order valence-corrected chi connectivity index (χ3v) is 6.36. The molecule has 0 saturated carbocycles. The van der Waals surface area contributed by atoms with Gasteiger partial charge in [0.2, 0.25) is 0 Å². The smallest absolute Gasteiger partial charge is 0.0831 e. The van der Waals surface area contributed by atoms with E-state index >= 15 is 0 Å². The summed E-state index contributed by atoms with van der Waals surface area (Å²) >= 11 is 0. The maximum Gasteiger partial charge on any atom is 0.0831 e. The molecule has 0 unspecified atom stereocenters. The van der Waals surface area contributed by atoms with Crippen molar-refractivity contribution in [2.75, 3.05) is 5.01 Å². The van der Waals surface area contributed by atoms with Crippen LogP contribution >= 0.6 is 0 Å². The predicted octanol–water partition coefficient (Wildman–Crippen LogP) is 6.69. The summed E-state index contributed by atoms with van der Waals surface area (Å²) < 4.78 is 2.27. The zero-order valence-corrected chi connectivity index (χ0v) is 17.4. The molecule has 0 radical (unpaired) electrons. The molecule has 0 amide bonds. The second-order valence-corrected chi connectivity index (χ2v) is 8.17. The summed E-state index contributed by atoms with van der Waals surface area (Å²) in [6, 6.07) is 36.7. The van der Waals surface area contributed by atoms with Gasteiger partial charge in [0.05, 0.1) is 17.4 Å². The van der Waals surface area contributed by atoms with E-state index in [9.17, 15) is 0 Å². The Morgan fingerprint density at radius 2 is 1.39 bits per heavy atom. The fourth-order valence-corrected chi connectivity index (χ4v) is 4.79. The molecule has 4 aromatic carbocycles. The largest absolute Gasteiger partial charge is 0.344 e. The van der Waals surface area contributed by atoms with Gasteiger partial charge in [0.15, 0.2) is 0 Å². The fourth-order valence-electron chi connectivity index (χ4n) is 4.79. The first-order chi connectivity index (χ1) is 15.3. The van der Waals surface area contributed by atoms with Gasteiger partial charge < -0.3 is 4.57 Å². The van der Waals surface area contributed by atoms with Crippen LogP contribution in [0.1, 0.15) is 23.6 Å². The summed E-state index contributed by atoms with van der Waals surface area (Å²) in [4.78, 5) is 0. The first-order valence-electron chi connectivity index (χ1n) is 10.7. The Morgan fingerprint density at radius 3 is 2.19 bits per heavy atom. The number of nitrogens with zero attached hydrogens (tertiary/aromatic N) is 3. The molecule has 0 fully saturated rings. The zero-order chi connectivity index (χ0) is 20.8. The molecule has 1 aromatic heterocycles. The summed E-state index contributed by atoms with van der Waals surface area (Å²) in [5, 5.41) is 9.88. The Bertz CT molecular complexity index is 1410. The highest BCUT2D eigenvalue weighted by Crippen LogP contribution is 2.37. The monoisotopic (exact) mass is 401 g/mol. The van der Waals surface area contributed by atoms with Crippen LogP contribution in [0.5, 0.6) is 0 Å². The number of aryl methyl sites for hydroxylation is 1. The number of benzene rings is 4. The van der Waals surface area contributed by atoms with Crippen LogP contribution in [-0.4, -0.2) is 10.3 Å². The lowest BCUT2D eigenvalue weighted by atomic mass is 9.97. The summed E-state index contributed by atoms with van der Waals surface area (Å²) in [5.41, 5.74) is 7.25. The molecular formula is C28H23N3. The van der Waals surface area contributed by atoms with Crippen LogP contribution in [0.4, 0.5) is 5.69 Å². The van der Waals surface area contributed by atoms with Crippen LogP contribution in [-0.2, 0) is 7.05 Å². The van der Waals surface area contributed by atoms with Crippen molar-refractivity contribution >= 4 is 33.2 Å². The maximum absolute atomic E-state index is 5.12. The summed E-state index contributed by atoms with van der Waals surface area (Å²) in [5.74, 6) is 0. The summed E-state index contributed by atoms with van der Waals surface area (Å²) in [6.45, 7) is 0. The van der Waals surface area contributed by atoms with Gasteiger partial charge in [-0.25, -0.2) is 0 Å². The summed E-state index contributed by atoms with van der Waals surface area (Å²) in [7, 11) is 2.14. The molecule has 0 aliphatic carbocycles. The van der Waals surface area contributed by atoms with E-state index in [2.05, 4.69) is 120 Å². The van der Waals surface area contributed by atoms with Crippen LogP contribution < -0.4 is 5.01 Å². The Kier molecular flexibility index (Phi) is 4.13. The third kappa shape index (κ3) is 2.93. The second-order valence-electron chi connectivity index (χ2n) is 8.17.